The zero-order valence-corrected chi connectivity index (χ0v) is 22.5. The van der Waals surface area contributed by atoms with Crippen molar-refractivity contribution in [1.82, 2.24) is 5.32 Å². The smallest absolute Gasteiger partial charge is 0.335 e. The minimum absolute atomic E-state index is 0.157. The SMILES string of the molecule is COc1cc(/C=C2\C(=O)NC(=O)N(c3cc(C)cc(C)c3)C2=O)cc(I)c1OCc1ccccc1C#N. The predicted octanol–water partition coefficient (Wildman–Crippen LogP) is 5.03. The number of nitrogens with zero attached hydrogens (tertiary/aromatic N) is 2. The van der Waals surface area contributed by atoms with Crippen molar-refractivity contribution in [2.75, 3.05) is 12.0 Å². The number of amides is 4. The fourth-order valence-corrected chi connectivity index (χ4v) is 4.79. The summed E-state index contributed by atoms with van der Waals surface area (Å²) >= 11 is 2.07. The largest absolute Gasteiger partial charge is 0.493 e. The van der Waals surface area contributed by atoms with Gasteiger partial charge in [-0.25, -0.2) is 9.69 Å². The van der Waals surface area contributed by atoms with Crippen LogP contribution in [-0.2, 0) is 16.2 Å². The van der Waals surface area contributed by atoms with Crippen LogP contribution < -0.4 is 19.7 Å². The molecule has 0 unspecified atom stereocenters. The molecule has 3 aromatic carbocycles. The topological polar surface area (TPSA) is 109 Å². The number of carbonyl (C=O) groups excluding carboxylic acids is 3. The molecule has 1 fully saturated rings. The molecule has 0 radical (unpaired) electrons. The van der Waals surface area contributed by atoms with Crippen LogP contribution in [-0.4, -0.2) is 25.0 Å². The first-order valence-corrected chi connectivity index (χ1v) is 12.3. The number of imide groups is 2. The molecule has 1 N–H and O–H groups in total. The van der Waals surface area contributed by atoms with Gasteiger partial charge in [-0.3, -0.25) is 14.9 Å². The Kier molecular flexibility index (Phi) is 7.59. The van der Waals surface area contributed by atoms with Crippen LogP contribution in [0.2, 0.25) is 0 Å². The number of ether oxygens (including phenoxy) is 2. The van der Waals surface area contributed by atoms with Crippen LogP contribution in [0.5, 0.6) is 11.5 Å². The third-order valence-corrected chi connectivity index (χ3v) is 6.44. The van der Waals surface area contributed by atoms with Crippen molar-refractivity contribution in [1.29, 1.82) is 5.26 Å². The summed E-state index contributed by atoms with van der Waals surface area (Å²) in [7, 11) is 1.48. The molecular weight excluding hydrogens is 585 g/mol. The van der Waals surface area contributed by atoms with Crippen LogP contribution in [0.4, 0.5) is 10.5 Å². The number of urea groups is 1. The molecule has 1 saturated heterocycles. The molecule has 1 aliphatic rings. The second kappa shape index (κ2) is 10.8. The zero-order chi connectivity index (χ0) is 26.7. The van der Waals surface area contributed by atoms with Crippen LogP contribution >= 0.6 is 22.6 Å². The number of barbiturate groups is 1. The highest BCUT2D eigenvalue weighted by molar-refractivity contribution is 14.1. The molecule has 0 aliphatic carbocycles. The molecule has 4 rings (SSSR count). The van der Waals surface area contributed by atoms with Crippen molar-refractivity contribution in [3.05, 3.63) is 91.6 Å². The van der Waals surface area contributed by atoms with E-state index in [1.807, 2.05) is 32.0 Å². The van der Waals surface area contributed by atoms with Gasteiger partial charge in [0.1, 0.15) is 12.2 Å². The maximum absolute atomic E-state index is 13.3. The van der Waals surface area contributed by atoms with Crippen LogP contribution in [0.3, 0.4) is 0 Å². The summed E-state index contributed by atoms with van der Waals surface area (Å²) in [5.74, 6) is -0.650. The van der Waals surface area contributed by atoms with E-state index in [2.05, 4.69) is 34.0 Å². The van der Waals surface area contributed by atoms with Gasteiger partial charge in [0.15, 0.2) is 11.5 Å². The summed E-state index contributed by atoms with van der Waals surface area (Å²) in [5, 5.41) is 11.6. The van der Waals surface area contributed by atoms with Crippen LogP contribution in [0.25, 0.3) is 6.08 Å². The Morgan fingerprint density at radius 2 is 1.76 bits per heavy atom. The number of hydrogen-bond donors (Lipinski definition) is 1. The number of halogens is 1. The lowest BCUT2D eigenvalue weighted by Gasteiger charge is -2.27. The number of aryl methyl sites for hydroxylation is 2. The number of anilines is 1. The van der Waals surface area contributed by atoms with Crippen molar-refractivity contribution >= 4 is 52.2 Å². The van der Waals surface area contributed by atoms with E-state index in [9.17, 15) is 19.6 Å². The molecule has 0 saturated carbocycles. The second-order valence-corrected chi connectivity index (χ2v) is 9.56. The summed E-state index contributed by atoms with van der Waals surface area (Å²) in [6, 6.07) is 17.2. The molecule has 8 nitrogen and oxygen atoms in total. The molecule has 9 heteroatoms. The number of carbonyl (C=O) groups is 3. The van der Waals surface area contributed by atoms with Crippen molar-refractivity contribution in [2.45, 2.75) is 20.5 Å². The molecule has 186 valence electrons. The third-order valence-electron chi connectivity index (χ3n) is 5.64. The Morgan fingerprint density at radius 1 is 1.05 bits per heavy atom. The number of nitrogens with one attached hydrogen (secondary N) is 1. The van der Waals surface area contributed by atoms with E-state index in [1.165, 1.54) is 13.2 Å². The maximum atomic E-state index is 13.3. The van der Waals surface area contributed by atoms with E-state index < -0.39 is 17.8 Å². The van der Waals surface area contributed by atoms with Gasteiger partial charge in [-0.2, -0.15) is 5.26 Å². The van der Waals surface area contributed by atoms with Gasteiger partial charge in [0.25, 0.3) is 11.8 Å². The zero-order valence-electron chi connectivity index (χ0n) is 20.3. The van der Waals surface area contributed by atoms with Crippen LogP contribution in [0.15, 0.2) is 60.2 Å². The number of benzene rings is 3. The lowest BCUT2D eigenvalue weighted by Crippen LogP contribution is -2.54. The normalized spacial score (nSPS) is 14.4. The van der Waals surface area contributed by atoms with E-state index in [1.54, 1.807) is 36.4 Å². The van der Waals surface area contributed by atoms with Gasteiger partial charge in [-0.15, -0.1) is 0 Å². The summed E-state index contributed by atoms with van der Waals surface area (Å²) in [4.78, 5) is 39.4. The van der Waals surface area contributed by atoms with E-state index in [-0.39, 0.29) is 12.2 Å². The Morgan fingerprint density at radius 3 is 2.43 bits per heavy atom. The first-order valence-electron chi connectivity index (χ1n) is 11.2. The molecule has 3 aromatic rings. The monoisotopic (exact) mass is 607 g/mol. The fourth-order valence-electron chi connectivity index (χ4n) is 4.01. The summed E-state index contributed by atoms with van der Waals surface area (Å²) in [6.07, 6.45) is 1.42. The predicted molar refractivity (Wildman–Crippen MR) is 146 cm³/mol. The quantitative estimate of drug-likeness (QED) is 0.239. The lowest BCUT2D eigenvalue weighted by molar-refractivity contribution is -0.122. The number of rotatable bonds is 6. The molecule has 0 atom stereocenters. The molecule has 4 amide bonds. The van der Waals surface area contributed by atoms with Gasteiger partial charge >= 0.3 is 6.03 Å². The Hall–Kier alpha value is -4.17. The first-order chi connectivity index (χ1) is 17.7. The van der Waals surface area contributed by atoms with E-state index in [0.717, 1.165) is 21.6 Å². The minimum Gasteiger partial charge on any atom is -0.493 e. The third kappa shape index (κ3) is 5.49. The molecule has 37 heavy (non-hydrogen) atoms. The summed E-state index contributed by atoms with van der Waals surface area (Å²) in [6.45, 7) is 3.88. The van der Waals surface area contributed by atoms with Gasteiger partial charge in [-0.05, 0) is 89.5 Å². The summed E-state index contributed by atoms with van der Waals surface area (Å²) < 4.78 is 12.2. The van der Waals surface area contributed by atoms with Gasteiger partial charge in [-0.1, -0.05) is 24.3 Å². The Balaban J connectivity index is 1.66. The van der Waals surface area contributed by atoms with E-state index in [0.29, 0.717) is 31.9 Å². The van der Waals surface area contributed by atoms with Gasteiger partial charge in [0, 0.05) is 5.56 Å². The lowest BCUT2D eigenvalue weighted by atomic mass is 10.0. The number of nitriles is 1. The van der Waals surface area contributed by atoms with Crippen molar-refractivity contribution < 1.29 is 23.9 Å². The first kappa shape index (κ1) is 25.9. The van der Waals surface area contributed by atoms with Gasteiger partial charge in [0.2, 0.25) is 0 Å². The standard InChI is InChI=1S/C28H22IN3O5/c1-16-8-17(2)10-21(9-16)32-27(34)22(26(33)31-28(32)35)11-18-12-23(29)25(24(13-18)36-3)37-15-20-7-5-4-6-19(20)14-30/h4-13H,15H2,1-3H3,(H,31,33,35)/b22-11+. The summed E-state index contributed by atoms with van der Waals surface area (Å²) in [5.41, 5.74) is 3.72. The molecule has 1 aliphatic heterocycles. The fraction of sp³-hybridized carbons (Fsp3) is 0.143. The molecule has 0 aromatic heterocycles. The number of methoxy groups -OCH3 is 1. The highest BCUT2D eigenvalue weighted by atomic mass is 127. The Labute approximate surface area is 227 Å². The van der Waals surface area contributed by atoms with Crippen molar-refractivity contribution in [3.8, 4) is 17.6 Å². The molecule has 0 spiro atoms. The van der Waals surface area contributed by atoms with Crippen LogP contribution in [0, 0.1) is 28.7 Å². The van der Waals surface area contributed by atoms with Gasteiger partial charge in [0.05, 0.1) is 28.0 Å². The molecular formula is C28H22IN3O5. The van der Waals surface area contributed by atoms with Crippen molar-refractivity contribution in [2.24, 2.45) is 0 Å². The highest BCUT2D eigenvalue weighted by Gasteiger charge is 2.37. The van der Waals surface area contributed by atoms with Crippen LogP contribution in [0.1, 0.15) is 27.8 Å². The Bertz CT molecular complexity index is 1490. The number of hydrogen-bond acceptors (Lipinski definition) is 6. The van der Waals surface area contributed by atoms with Crippen molar-refractivity contribution in [3.63, 3.8) is 0 Å². The maximum Gasteiger partial charge on any atom is 0.335 e. The molecule has 0 bridgehead atoms. The minimum atomic E-state index is -0.800. The average molecular weight is 607 g/mol. The van der Waals surface area contributed by atoms with E-state index >= 15 is 0 Å². The highest BCUT2D eigenvalue weighted by Crippen LogP contribution is 2.36. The second-order valence-electron chi connectivity index (χ2n) is 8.40. The molecule has 1 heterocycles. The average Bonchev–Trinajstić information content (AvgIpc) is 2.85. The van der Waals surface area contributed by atoms with E-state index in [4.69, 9.17) is 9.47 Å². The van der Waals surface area contributed by atoms with Gasteiger partial charge < -0.3 is 9.47 Å².